The molecule has 1 aliphatic heterocycles. The minimum Gasteiger partial charge on any atom is -0.497 e. The molecule has 0 bridgehead atoms. The summed E-state index contributed by atoms with van der Waals surface area (Å²) in [6.45, 7) is 1.29. The van der Waals surface area contributed by atoms with Crippen LogP contribution in [0, 0.1) is 0 Å². The van der Waals surface area contributed by atoms with E-state index >= 15 is 0 Å². The van der Waals surface area contributed by atoms with Crippen molar-refractivity contribution in [2.75, 3.05) is 27.2 Å². The highest BCUT2D eigenvalue weighted by molar-refractivity contribution is 5.85. The molecular weight excluding hydrogens is 332 g/mol. The Hall–Kier alpha value is -1.79. The first-order valence-corrected chi connectivity index (χ1v) is 7.85. The predicted octanol–water partition coefficient (Wildman–Crippen LogP) is 2.01. The molecule has 1 saturated heterocycles. The zero-order chi connectivity index (χ0) is 16.8. The van der Waals surface area contributed by atoms with E-state index in [-0.39, 0.29) is 24.9 Å². The van der Waals surface area contributed by atoms with Crippen molar-refractivity contribution in [1.82, 2.24) is 9.80 Å². The Morgan fingerprint density at radius 3 is 2.79 bits per heavy atom. The number of carboxylic acids is 1. The number of likely N-dealkylation sites (tertiary alicyclic amines) is 1. The number of aliphatic carboxylic acids is 1. The Morgan fingerprint density at radius 1 is 1.38 bits per heavy atom. The van der Waals surface area contributed by atoms with E-state index in [1.165, 1.54) is 0 Å². The lowest BCUT2D eigenvalue weighted by molar-refractivity contribution is -0.146. The van der Waals surface area contributed by atoms with Crippen LogP contribution < -0.4 is 4.74 Å². The highest BCUT2D eigenvalue weighted by Crippen LogP contribution is 2.18. The Labute approximate surface area is 148 Å². The Bertz CT molecular complexity index is 567. The molecule has 24 heavy (non-hydrogen) atoms. The molecule has 1 fully saturated rings. The van der Waals surface area contributed by atoms with Crippen LogP contribution in [0.25, 0.3) is 0 Å². The summed E-state index contributed by atoms with van der Waals surface area (Å²) in [4.78, 5) is 27.1. The third kappa shape index (κ3) is 5.39. The van der Waals surface area contributed by atoms with E-state index in [0.29, 0.717) is 19.5 Å². The van der Waals surface area contributed by atoms with Crippen molar-refractivity contribution < 1.29 is 19.4 Å². The SMILES string of the molecule is COc1cccc(CN(C)C(=O)CN2CCCCC2C(=O)O)c1.Cl. The standard InChI is InChI=1S/C17H24N2O4.ClH/c1-18(11-13-6-5-7-14(10-13)23-2)16(20)12-19-9-4-3-8-15(19)17(21)22;/h5-7,10,15H,3-4,8-9,11-12H2,1-2H3,(H,21,22);1H. The van der Waals surface area contributed by atoms with E-state index in [2.05, 4.69) is 0 Å². The lowest BCUT2D eigenvalue weighted by Crippen LogP contribution is -2.49. The number of carboxylic acid groups (broad SMARTS) is 1. The maximum atomic E-state index is 12.4. The topological polar surface area (TPSA) is 70.1 Å². The zero-order valence-electron chi connectivity index (χ0n) is 14.1. The van der Waals surface area contributed by atoms with Crippen molar-refractivity contribution >= 4 is 24.3 Å². The number of hydrogen-bond donors (Lipinski definition) is 1. The number of carbonyl (C=O) groups excluding carboxylic acids is 1. The molecule has 1 aliphatic rings. The van der Waals surface area contributed by atoms with Crippen LogP contribution >= 0.6 is 12.4 Å². The van der Waals surface area contributed by atoms with Crippen LogP contribution in [0.3, 0.4) is 0 Å². The maximum absolute atomic E-state index is 12.4. The zero-order valence-corrected chi connectivity index (χ0v) is 14.9. The molecule has 1 atom stereocenters. The normalized spacial score (nSPS) is 17.7. The molecule has 0 spiro atoms. The van der Waals surface area contributed by atoms with E-state index in [9.17, 15) is 14.7 Å². The van der Waals surface area contributed by atoms with Gasteiger partial charge in [-0.05, 0) is 37.1 Å². The molecule has 1 N–H and O–H groups in total. The second-order valence-electron chi connectivity index (χ2n) is 5.92. The molecule has 0 radical (unpaired) electrons. The number of carbonyl (C=O) groups is 2. The fourth-order valence-electron chi connectivity index (χ4n) is 2.89. The van der Waals surface area contributed by atoms with Gasteiger partial charge in [-0.15, -0.1) is 12.4 Å². The van der Waals surface area contributed by atoms with E-state index in [1.54, 1.807) is 24.0 Å². The van der Waals surface area contributed by atoms with Gasteiger partial charge in [0.15, 0.2) is 0 Å². The molecule has 7 heteroatoms. The van der Waals surface area contributed by atoms with Crippen LogP contribution in [-0.2, 0) is 16.1 Å². The second-order valence-corrected chi connectivity index (χ2v) is 5.92. The van der Waals surface area contributed by atoms with Gasteiger partial charge in [-0.1, -0.05) is 18.6 Å². The van der Waals surface area contributed by atoms with Crippen LogP contribution in [0.4, 0.5) is 0 Å². The number of halogens is 1. The number of amides is 1. The van der Waals surface area contributed by atoms with Gasteiger partial charge in [-0.3, -0.25) is 14.5 Å². The highest BCUT2D eigenvalue weighted by Gasteiger charge is 2.30. The first kappa shape index (κ1) is 20.3. The number of benzene rings is 1. The number of ether oxygens (including phenoxy) is 1. The predicted molar refractivity (Wildman–Crippen MR) is 93.6 cm³/mol. The molecule has 0 saturated carbocycles. The number of likely N-dealkylation sites (N-methyl/N-ethyl adjacent to an activating group) is 1. The average molecular weight is 357 g/mol. The minimum absolute atomic E-state index is 0. The summed E-state index contributed by atoms with van der Waals surface area (Å²) in [6, 6.07) is 7.03. The number of piperidine rings is 1. The van der Waals surface area contributed by atoms with Crippen molar-refractivity contribution in [2.45, 2.75) is 31.8 Å². The van der Waals surface area contributed by atoms with Crippen molar-refractivity contribution in [2.24, 2.45) is 0 Å². The molecule has 0 aromatic heterocycles. The van der Waals surface area contributed by atoms with Gasteiger partial charge in [0.2, 0.25) is 5.91 Å². The smallest absolute Gasteiger partial charge is 0.320 e. The van der Waals surface area contributed by atoms with E-state index in [4.69, 9.17) is 4.74 Å². The summed E-state index contributed by atoms with van der Waals surface area (Å²) in [5, 5.41) is 9.27. The number of methoxy groups -OCH3 is 1. The monoisotopic (exact) mass is 356 g/mol. The summed E-state index contributed by atoms with van der Waals surface area (Å²) in [6.07, 6.45) is 2.46. The van der Waals surface area contributed by atoms with Gasteiger partial charge in [0.05, 0.1) is 13.7 Å². The van der Waals surface area contributed by atoms with Gasteiger partial charge in [0, 0.05) is 13.6 Å². The fourth-order valence-corrected chi connectivity index (χ4v) is 2.89. The quantitative estimate of drug-likeness (QED) is 0.844. The summed E-state index contributed by atoms with van der Waals surface area (Å²) in [5.41, 5.74) is 0.980. The van der Waals surface area contributed by atoms with Crippen LogP contribution in [-0.4, -0.2) is 60.1 Å². The Morgan fingerprint density at radius 2 is 2.12 bits per heavy atom. The van der Waals surface area contributed by atoms with Crippen LogP contribution in [0.2, 0.25) is 0 Å². The molecule has 2 rings (SSSR count). The molecule has 1 aromatic rings. The second kappa shape index (κ2) is 9.49. The molecular formula is C17H25ClN2O4. The van der Waals surface area contributed by atoms with E-state index in [0.717, 1.165) is 24.2 Å². The Kier molecular flexibility index (Phi) is 8.01. The summed E-state index contributed by atoms with van der Waals surface area (Å²) < 4.78 is 5.18. The van der Waals surface area contributed by atoms with Gasteiger partial charge in [-0.2, -0.15) is 0 Å². The first-order valence-electron chi connectivity index (χ1n) is 7.85. The number of hydrogen-bond acceptors (Lipinski definition) is 4. The van der Waals surface area contributed by atoms with Crippen molar-refractivity contribution in [3.63, 3.8) is 0 Å². The molecule has 0 aliphatic carbocycles. The lowest BCUT2D eigenvalue weighted by atomic mass is 10.0. The molecule has 1 aromatic carbocycles. The number of nitrogens with zero attached hydrogens (tertiary/aromatic N) is 2. The molecule has 1 unspecified atom stereocenters. The minimum atomic E-state index is -0.840. The lowest BCUT2D eigenvalue weighted by Gasteiger charge is -2.33. The average Bonchev–Trinajstić information content (AvgIpc) is 2.55. The third-order valence-electron chi connectivity index (χ3n) is 4.22. The molecule has 6 nitrogen and oxygen atoms in total. The first-order chi connectivity index (χ1) is 11.0. The van der Waals surface area contributed by atoms with Crippen LogP contribution in [0.5, 0.6) is 5.75 Å². The van der Waals surface area contributed by atoms with Crippen LogP contribution in [0.15, 0.2) is 24.3 Å². The Balaban J connectivity index is 0.00000288. The van der Waals surface area contributed by atoms with E-state index in [1.807, 2.05) is 24.3 Å². The summed E-state index contributed by atoms with van der Waals surface area (Å²) in [5.74, 6) is -0.153. The van der Waals surface area contributed by atoms with Gasteiger partial charge in [0.25, 0.3) is 0 Å². The van der Waals surface area contributed by atoms with Gasteiger partial charge < -0.3 is 14.7 Å². The van der Waals surface area contributed by atoms with Crippen LogP contribution in [0.1, 0.15) is 24.8 Å². The molecule has 1 amide bonds. The third-order valence-corrected chi connectivity index (χ3v) is 4.22. The van der Waals surface area contributed by atoms with Gasteiger partial charge in [0.1, 0.15) is 11.8 Å². The fraction of sp³-hybridized carbons (Fsp3) is 0.529. The van der Waals surface area contributed by atoms with Crippen molar-refractivity contribution in [1.29, 1.82) is 0 Å². The van der Waals surface area contributed by atoms with Crippen molar-refractivity contribution in [3.8, 4) is 5.75 Å². The summed E-state index contributed by atoms with van der Waals surface area (Å²) >= 11 is 0. The molecule has 1 heterocycles. The van der Waals surface area contributed by atoms with Crippen molar-refractivity contribution in [3.05, 3.63) is 29.8 Å². The van der Waals surface area contributed by atoms with Gasteiger partial charge in [-0.25, -0.2) is 0 Å². The number of rotatable bonds is 6. The maximum Gasteiger partial charge on any atom is 0.320 e. The highest BCUT2D eigenvalue weighted by atomic mass is 35.5. The van der Waals surface area contributed by atoms with E-state index < -0.39 is 12.0 Å². The van der Waals surface area contributed by atoms with Gasteiger partial charge >= 0.3 is 5.97 Å². The largest absolute Gasteiger partial charge is 0.497 e. The summed E-state index contributed by atoms with van der Waals surface area (Å²) in [7, 11) is 3.35. The molecule has 134 valence electrons.